The van der Waals surface area contributed by atoms with Gasteiger partial charge in [-0.1, -0.05) is 18.6 Å². The van der Waals surface area contributed by atoms with E-state index >= 15 is 0 Å². The molecule has 0 aromatic heterocycles. The van der Waals surface area contributed by atoms with Crippen molar-refractivity contribution in [3.8, 4) is 0 Å². The van der Waals surface area contributed by atoms with Gasteiger partial charge in [-0.3, -0.25) is 9.69 Å². The fraction of sp³-hybridized carbons (Fsp3) is 0.696. The number of nitrogens with zero attached hydrogens (tertiary/aromatic N) is 2. The van der Waals surface area contributed by atoms with E-state index in [1.165, 1.54) is 64.0 Å². The highest BCUT2D eigenvalue weighted by Gasteiger charge is 2.55. The molecule has 1 aromatic carbocycles. The van der Waals surface area contributed by atoms with Gasteiger partial charge >= 0.3 is 0 Å². The summed E-state index contributed by atoms with van der Waals surface area (Å²) < 4.78 is 6.00. The van der Waals surface area contributed by atoms with Crippen molar-refractivity contribution in [2.75, 3.05) is 51.3 Å². The predicted octanol–water partition coefficient (Wildman–Crippen LogP) is 3.22. The predicted molar refractivity (Wildman–Crippen MR) is 112 cm³/mol. The Morgan fingerprint density at radius 2 is 1.79 bits per heavy atom. The molecule has 1 N–H and O–H groups in total. The van der Waals surface area contributed by atoms with E-state index in [0.29, 0.717) is 0 Å². The monoisotopic (exact) mass is 385 g/mol. The molecule has 2 heterocycles. The number of carbonyl (C=O) groups is 1. The second kappa shape index (κ2) is 9.38. The largest absolute Gasteiger partial charge is 0.381 e. The van der Waals surface area contributed by atoms with Crippen molar-refractivity contribution in [3.63, 3.8) is 0 Å². The van der Waals surface area contributed by atoms with Crippen LogP contribution in [-0.2, 0) is 16.1 Å². The lowest BCUT2D eigenvalue weighted by atomic mass is 10.1. The Morgan fingerprint density at radius 3 is 2.46 bits per heavy atom. The quantitative estimate of drug-likeness (QED) is 0.663. The maximum absolute atomic E-state index is 11.1. The Bertz CT molecular complexity index is 630. The summed E-state index contributed by atoms with van der Waals surface area (Å²) in [4.78, 5) is 16.3. The van der Waals surface area contributed by atoms with Crippen molar-refractivity contribution < 1.29 is 9.53 Å². The summed E-state index contributed by atoms with van der Waals surface area (Å²) in [6, 6.07) is 8.23. The van der Waals surface area contributed by atoms with Crippen LogP contribution in [0.2, 0.25) is 0 Å². The van der Waals surface area contributed by atoms with Crippen LogP contribution in [0.1, 0.15) is 38.2 Å². The fourth-order valence-electron chi connectivity index (χ4n) is 5.06. The third-order valence-corrected chi connectivity index (χ3v) is 6.65. The lowest BCUT2D eigenvalue weighted by Crippen LogP contribution is -2.31. The van der Waals surface area contributed by atoms with E-state index in [1.54, 1.807) is 6.92 Å². The van der Waals surface area contributed by atoms with Crippen molar-refractivity contribution in [3.05, 3.63) is 29.8 Å². The van der Waals surface area contributed by atoms with Crippen LogP contribution in [0.25, 0.3) is 0 Å². The number of likely N-dealkylation sites (tertiary alicyclic amines) is 2. The van der Waals surface area contributed by atoms with Crippen LogP contribution in [0.5, 0.6) is 0 Å². The maximum Gasteiger partial charge on any atom is 0.221 e. The van der Waals surface area contributed by atoms with E-state index in [4.69, 9.17) is 4.74 Å². The minimum atomic E-state index is -0.0212. The van der Waals surface area contributed by atoms with Crippen molar-refractivity contribution >= 4 is 11.6 Å². The van der Waals surface area contributed by atoms with Crippen molar-refractivity contribution in [2.24, 2.45) is 17.8 Å². The lowest BCUT2D eigenvalue weighted by Gasteiger charge is -2.26. The number of rotatable bonds is 9. The van der Waals surface area contributed by atoms with Gasteiger partial charge in [0.25, 0.3) is 0 Å². The number of fused-ring (bicyclic) bond motifs is 1. The Hall–Kier alpha value is -1.43. The van der Waals surface area contributed by atoms with E-state index < -0.39 is 0 Å². The number of ether oxygens (including phenoxy) is 1. The van der Waals surface area contributed by atoms with Crippen LogP contribution < -0.4 is 5.32 Å². The fourth-order valence-corrected chi connectivity index (χ4v) is 5.06. The smallest absolute Gasteiger partial charge is 0.221 e. The molecule has 3 aliphatic rings. The van der Waals surface area contributed by atoms with Crippen LogP contribution in [0.3, 0.4) is 0 Å². The summed E-state index contributed by atoms with van der Waals surface area (Å²) in [5.74, 6) is 2.47. The minimum absolute atomic E-state index is 0.0212. The van der Waals surface area contributed by atoms with Crippen LogP contribution in [0.15, 0.2) is 24.3 Å². The number of hydrogen-bond acceptors (Lipinski definition) is 4. The third kappa shape index (κ3) is 5.34. The second-order valence-electron chi connectivity index (χ2n) is 8.89. The first-order valence-corrected chi connectivity index (χ1v) is 11.1. The molecule has 1 unspecified atom stereocenters. The molecule has 4 rings (SSSR count). The Morgan fingerprint density at radius 1 is 1.07 bits per heavy atom. The zero-order chi connectivity index (χ0) is 19.3. The molecule has 5 nitrogen and oxygen atoms in total. The van der Waals surface area contributed by atoms with Crippen molar-refractivity contribution in [1.29, 1.82) is 0 Å². The number of amides is 1. The molecule has 5 heteroatoms. The standard InChI is InChI=1S/C23H35N3O2/c1-18(27)24-20-8-6-19(7-9-20)14-26-15-21-22(16-26)23(21)17-28-13-5-12-25-10-3-2-4-11-25/h6-9,21-23H,2-5,10-17H2,1H3,(H,24,27)/t21-,22+,23?. The first-order chi connectivity index (χ1) is 13.7. The van der Waals surface area contributed by atoms with Crippen molar-refractivity contribution in [1.82, 2.24) is 9.80 Å². The number of anilines is 1. The molecule has 1 amide bonds. The maximum atomic E-state index is 11.1. The summed E-state index contributed by atoms with van der Waals surface area (Å²) in [6.45, 7) is 10.7. The van der Waals surface area contributed by atoms with Gasteiger partial charge < -0.3 is 15.0 Å². The minimum Gasteiger partial charge on any atom is -0.381 e. The average Bonchev–Trinajstić information content (AvgIpc) is 3.14. The lowest BCUT2D eigenvalue weighted by molar-refractivity contribution is -0.114. The van der Waals surface area contributed by atoms with Crippen LogP contribution in [0.4, 0.5) is 5.69 Å². The summed E-state index contributed by atoms with van der Waals surface area (Å²) in [7, 11) is 0. The number of benzene rings is 1. The first-order valence-electron chi connectivity index (χ1n) is 11.1. The first kappa shape index (κ1) is 19.9. The van der Waals surface area contributed by atoms with Gasteiger partial charge in [0.1, 0.15) is 0 Å². The SMILES string of the molecule is CC(=O)Nc1ccc(CN2C[C@@H]3C(COCCCN4CCCCC4)[C@@H]3C2)cc1. The summed E-state index contributed by atoms with van der Waals surface area (Å²) >= 11 is 0. The third-order valence-electron chi connectivity index (χ3n) is 6.65. The van der Waals surface area contributed by atoms with Gasteiger partial charge in [0, 0.05) is 45.4 Å². The molecule has 1 aromatic rings. The number of nitrogens with one attached hydrogen (secondary N) is 1. The average molecular weight is 386 g/mol. The van der Waals surface area contributed by atoms with Crippen molar-refractivity contribution in [2.45, 2.75) is 39.2 Å². The summed E-state index contributed by atoms with van der Waals surface area (Å²) in [5, 5.41) is 2.82. The van der Waals surface area contributed by atoms with Crippen LogP contribution in [-0.4, -0.2) is 61.6 Å². The second-order valence-corrected chi connectivity index (χ2v) is 8.89. The van der Waals surface area contributed by atoms with Crippen LogP contribution >= 0.6 is 0 Å². The molecule has 154 valence electrons. The van der Waals surface area contributed by atoms with Gasteiger partial charge in [0.2, 0.25) is 5.91 Å². The van der Waals surface area contributed by atoms with Crippen LogP contribution in [0, 0.1) is 17.8 Å². The molecule has 2 saturated heterocycles. The number of piperidine rings is 2. The van der Waals surface area contributed by atoms with Gasteiger partial charge in [-0.05, 0) is 67.8 Å². The summed E-state index contributed by atoms with van der Waals surface area (Å²) in [5.41, 5.74) is 2.19. The highest BCUT2D eigenvalue weighted by atomic mass is 16.5. The molecule has 3 atom stereocenters. The highest BCUT2D eigenvalue weighted by molar-refractivity contribution is 5.88. The van der Waals surface area contributed by atoms with E-state index in [-0.39, 0.29) is 5.91 Å². The normalized spacial score (nSPS) is 27.5. The molecule has 0 radical (unpaired) electrons. The van der Waals surface area contributed by atoms with Gasteiger partial charge in [-0.25, -0.2) is 0 Å². The Labute approximate surface area is 169 Å². The van der Waals surface area contributed by atoms with E-state index in [2.05, 4.69) is 27.2 Å². The number of carbonyl (C=O) groups excluding carboxylic acids is 1. The van der Waals surface area contributed by atoms with Gasteiger partial charge in [0.05, 0.1) is 6.61 Å². The molecular formula is C23H35N3O2. The number of hydrogen-bond donors (Lipinski definition) is 1. The van der Waals surface area contributed by atoms with E-state index in [0.717, 1.165) is 43.2 Å². The molecule has 28 heavy (non-hydrogen) atoms. The molecule has 0 spiro atoms. The molecule has 2 aliphatic heterocycles. The molecule has 3 fully saturated rings. The highest BCUT2D eigenvalue weighted by Crippen LogP contribution is 2.52. The zero-order valence-electron chi connectivity index (χ0n) is 17.2. The van der Waals surface area contributed by atoms with E-state index in [1.807, 2.05) is 12.1 Å². The van der Waals surface area contributed by atoms with Gasteiger partial charge in [-0.2, -0.15) is 0 Å². The Kier molecular flexibility index (Phi) is 6.65. The topological polar surface area (TPSA) is 44.8 Å². The van der Waals surface area contributed by atoms with Gasteiger partial charge in [0.15, 0.2) is 0 Å². The summed E-state index contributed by atoms with van der Waals surface area (Å²) in [6.07, 6.45) is 5.35. The molecule has 1 saturated carbocycles. The molecular weight excluding hydrogens is 350 g/mol. The Balaban J connectivity index is 1.08. The van der Waals surface area contributed by atoms with E-state index in [9.17, 15) is 4.79 Å². The molecule has 0 bridgehead atoms. The van der Waals surface area contributed by atoms with Gasteiger partial charge in [-0.15, -0.1) is 0 Å². The molecule has 1 aliphatic carbocycles. The zero-order valence-corrected chi connectivity index (χ0v) is 17.2.